The number of nitriles is 1. The summed E-state index contributed by atoms with van der Waals surface area (Å²) < 4.78 is 14.9. The third-order valence-electron chi connectivity index (χ3n) is 4.17. The molecular formula is C20H15ClFN3O. The summed E-state index contributed by atoms with van der Waals surface area (Å²) in [6.07, 6.45) is 1.58. The molecule has 1 heterocycles. The van der Waals surface area contributed by atoms with Crippen LogP contribution in [0, 0.1) is 31.0 Å². The number of aryl methyl sites for hydroxylation is 2. The van der Waals surface area contributed by atoms with Gasteiger partial charge in [-0.25, -0.2) is 4.39 Å². The van der Waals surface area contributed by atoms with Gasteiger partial charge in [-0.3, -0.25) is 4.79 Å². The Hall–Kier alpha value is -3.10. The van der Waals surface area contributed by atoms with Crippen LogP contribution in [-0.4, -0.2) is 10.5 Å². The number of nitrogens with zero attached hydrogens (tertiary/aromatic N) is 2. The highest BCUT2D eigenvalue weighted by Gasteiger charge is 2.19. The Morgan fingerprint density at radius 1 is 1.15 bits per heavy atom. The van der Waals surface area contributed by atoms with Gasteiger partial charge in [0.05, 0.1) is 10.6 Å². The Kier molecular flexibility index (Phi) is 4.79. The van der Waals surface area contributed by atoms with E-state index in [-0.39, 0.29) is 16.3 Å². The quantitative estimate of drug-likeness (QED) is 0.707. The number of aromatic nitrogens is 1. The van der Waals surface area contributed by atoms with E-state index in [1.54, 1.807) is 12.3 Å². The van der Waals surface area contributed by atoms with Gasteiger partial charge < -0.3 is 9.88 Å². The molecule has 26 heavy (non-hydrogen) atoms. The largest absolute Gasteiger partial charge is 0.321 e. The molecule has 0 radical (unpaired) electrons. The highest BCUT2D eigenvalue weighted by atomic mass is 35.5. The smallest absolute Gasteiger partial charge is 0.274 e. The summed E-state index contributed by atoms with van der Waals surface area (Å²) in [6.45, 7) is 3.94. The fourth-order valence-electron chi connectivity index (χ4n) is 2.61. The van der Waals surface area contributed by atoms with Crippen molar-refractivity contribution in [2.75, 3.05) is 5.32 Å². The van der Waals surface area contributed by atoms with Gasteiger partial charge in [0.2, 0.25) is 0 Å². The number of hydrogen-bond donors (Lipinski definition) is 1. The fourth-order valence-corrected chi connectivity index (χ4v) is 2.79. The van der Waals surface area contributed by atoms with Crippen LogP contribution in [0.3, 0.4) is 0 Å². The first kappa shape index (κ1) is 17.7. The molecule has 0 aliphatic carbocycles. The van der Waals surface area contributed by atoms with E-state index in [0.717, 1.165) is 11.1 Å². The van der Waals surface area contributed by atoms with E-state index in [1.165, 1.54) is 28.8 Å². The second-order valence-electron chi connectivity index (χ2n) is 5.91. The lowest BCUT2D eigenvalue weighted by molar-refractivity contribution is 0.102. The van der Waals surface area contributed by atoms with E-state index >= 15 is 0 Å². The van der Waals surface area contributed by atoms with Crippen molar-refractivity contribution in [2.45, 2.75) is 13.8 Å². The monoisotopic (exact) mass is 367 g/mol. The SMILES string of the molecule is Cc1ccc(NC(=O)c2c(C#N)ccn2-c2ccc(F)c(Cl)c2)cc1C. The van der Waals surface area contributed by atoms with Crippen LogP contribution in [-0.2, 0) is 0 Å². The van der Waals surface area contributed by atoms with Crippen LogP contribution in [0.15, 0.2) is 48.7 Å². The van der Waals surface area contributed by atoms with Gasteiger partial charge in [0.1, 0.15) is 17.6 Å². The number of amides is 1. The average Bonchev–Trinajstić information content (AvgIpc) is 3.04. The van der Waals surface area contributed by atoms with Crippen LogP contribution in [0.4, 0.5) is 10.1 Å². The molecule has 3 rings (SSSR count). The predicted molar refractivity (Wildman–Crippen MR) is 99.3 cm³/mol. The minimum Gasteiger partial charge on any atom is -0.321 e. The van der Waals surface area contributed by atoms with Gasteiger partial charge in [0.25, 0.3) is 5.91 Å². The lowest BCUT2D eigenvalue weighted by Crippen LogP contribution is -2.17. The highest BCUT2D eigenvalue weighted by molar-refractivity contribution is 6.30. The topological polar surface area (TPSA) is 57.8 Å². The van der Waals surface area contributed by atoms with Crippen molar-refractivity contribution in [3.63, 3.8) is 0 Å². The Morgan fingerprint density at radius 2 is 1.92 bits per heavy atom. The zero-order valence-electron chi connectivity index (χ0n) is 14.2. The molecule has 0 saturated heterocycles. The number of halogens is 2. The van der Waals surface area contributed by atoms with E-state index in [0.29, 0.717) is 11.4 Å². The maximum absolute atomic E-state index is 13.4. The summed E-state index contributed by atoms with van der Waals surface area (Å²) >= 11 is 5.84. The minimum atomic E-state index is -0.552. The number of carbonyl (C=O) groups is 1. The van der Waals surface area contributed by atoms with Gasteiger partial charge >= 0.3 is 0 Å². The van der Waals surface area contributed by atoms with E-state index in [4.69, 9.17) is 11.6 Å². The zero-order chi connectivity index (χ0) is 18.8. The molecule has 0 fully saturated rings. The van der Waals surface area contributed by atoms with Gasteiger partial charge in [0.15, 0.2) is 0 Å². The van der Waals surface area contributed by atoms with Crippen LogP contribution in [0.25, 0.3) is 5.69 Å². The molecule has 0 aliphatic heterocycles. The van der Waals surface area contributed by atoms with E-state index in [1.807, 2.05) is 32.0 Å². The molecule has 0 aliphatic rings. The van der Waals surface area contributed by atoms with Crippen LogP contribution < -0.4 is 5.32 Å². The van der Waals surface area contributed by atoms with Crippen molar-refractivity contribution in [1.82, 2.24) is 4.57 Å². The Bertz CT molecular complexity index is 1050. The Balaban J connectivity index is 2.02. The molecule has 1 N–H and O–H groups in total. The van der Waals surface area contributed by atoms with E-state index < -0.39 is 11.7 Å². The molecule has 0 atom stereocenters. The van der Waals surface area contributed by atoms with Crippen LogP contribution >= 0.6 is 11.6 Å². The molecule has 0 saturated carbocycles. The van der Waals surface area contributed by atoms with Gasteiger partial charge in [-0.2, -0.15) is 5.26 Å². The molecule has 4 nitrogen and oxygen atoms in total. The number of benzene rings is 2. The summed E-state index contributed by atoms with van der Waals surface area (Å²) in [5.41, 5.74) is 3.66. The third-order valence-corrected chi connectivity index (χ3v) is 4.46. The number of nitrogens with one attached hydrogen (secondary N) is 1. The molecule has 6 heteroatoms. The number of carbonyl (C=O) groups excluding carboxylic acids is 1. The second-order valence-corrected chi connectivity index (χ2v) is 6.32. The molecule has 1 amide bonds. The maximum Gasteiger partial charge on any atom is 0.274 e. The van der Waals surface area contributed by atoms with Crippen molar-refractivity contribution in [3.8, 4) is 11.8 Å². The van der Waals surface area contributed by atoms with Crippen molar-refractivity contribution < 1.29 is 9.18 Å². The molecular weight excluding hydrogens is 353 g/mol. The molecule has 0 unspecified atom stereocenters. The van der Waals surface area contributed by atoms with Crippen molar-refractivity contribution in [3.05, 3.63) is 81.9 Å². The Labute approximate surface area is 155 Å². The van der Waals surface area contributed by atoms with Gasteiger partial charge in [-0.05, 0) is 61.4 Å². The lowest BCUT2D eigenvalue weighted by Gasteiger charge is -2.12. The summed E-state index contributed by atoms with van der Waals surface area (Å²) in [6, 6.07) is 13.2. The summed E-state index contributed by atoms with van der Waals surface area (Å²) in [5, 5.41) is 12.1. The van der Waals surface area contributed by atoms with Crippen molar-refractivity contribution >= 4 is 23.2 Å². The first-order valence-corrected chi connectivity index (χ1v) is 8.24. The first-order chi connectivity index (χ1) is 12.4. The van der Waals surface area contributed by atoms with Crippen LogP contribution in [0.5, 0.6) is 0 Å². The normalized spacial score (nSPS) is 10.4. The highest BCUT2D eigenvalue weighted by Crippen LogP contribution is 2.23. The molecule has 3 aromatic rings. The molecule has 0 spiro atoms. The summed E-state index contributed by atoms with van der Waals surface area (Å²) in [7, 11) is 0. The van der Waals surface area contributed by atoms with Gasteiger partial charge in [-0.1, -0.05) is 17.7 Å². The molecule has 1 aromatic heterocycles. The third kappa shape index (κ3) is 3.32. The van der Waals surface area contributed by atoms with Crippen LogP contribution in [0.1, 0.15) is 27.2 Å². The van der Waals surface area contributed by atoms with Gasteiger partial charge in [-0.15, -0.1) is 0 Å². The summed E-state index contributed by atoms with van der Waals surface area (Å²) in [4.78, 5) is 12.8. The standard InChI is InChI=1S/C20H15ClFN3O/c1-12-3-4-15(9-13(12)2)24-20(26)19-14(11-23)7-8-25(19)16-5-6-18(22)17(21)10-16/h3-10H,1-2H3,(H,24,26). The maximum atomic E-state index is 13.4. The summed E-state index contributed by atoms with van der Waals surface area (Å²) in [5.74, 6) is -0.987. The first-order valence-electron chi connectivity index (χ1n) is 7.86. The minimum absolute atomic E-state index is 0.0600. The number of anilines is 1. The van der Waals surface area contributed by atoms with Crippen LogP contribution in [0.2, 0.25) is 5.02 Å². The fraction of sp³-hybridized carbons (Fsp3) is 0.100. The van der Waals surface area contributed by atoms with Crippen molar-refractivity contribution in [2.24, 2.45) is 0 Å². The predicted octanol–water partition coefficient (Wildman–Crippen LogP) is 5.01. The number of hydrogen-bond acceptors (Lipinski definition) is 2. The van der Waals surface area contributed by atoms with Crippen molar-refractivity contribution in [1.29, 1.82) is 5.26 Å². The number of rotatable bonds is 3. The van der Waals surface area contributed by atoms with E-state index in [2.05, 4.69) is 5.32 Å². The second kappa shape index (κ2) is 7.03. The Morgan fingerprint density at radius 3 is 2.58 bits per heavy atom. The molecule has 0 bridgehead atoms. The molecule has 130 valence electrons. The van der Waals surface area contributed by atoms with Gasteiger partial charge in [0, 0.05) is 17.6 Å². The average molecular weight is 368 g/mol. The van der Waals surface area contributed by atoms with E-state index in [9.17, 15) is 14.4 Å². The lowest BCUT2D eigenvalue weighted by atomic mass is 10.1. The zero-order valence-corrected chi connectivity index (χ0v) is 14.9. The molecule has 2 aromatic carbocycles.